The average Bonchev–Trinajstić information content (AvgIpc) is 2.59. The number of carboxylic acid groups (broad SMARTS) is 1. The minimum Gasteiger partial charge on any atom is -0.490 e. The van der Waals surface area contributed by atoms with Crippen LogP contribution in [0.25, 0.3) is 6.08 Å². The molecule has 0 saturated heterocycles. The van der Waals surface area contributed by atoms with Crippen LogP contribution in [0, 0.1) is 18.3 Å². The molecule has 0 fully saturated rings. The molecule has 2 aromatic rings. The Morgan fingerprint density at radius 3 is 2.00 bits per heavy atom. The normalized spacial score (nSPS) is 10.8. The molecule has 0 amide bonds. The molecule has 5 heteroatoms. The molecule has 1 N–H and O–H groups in total. The second-order valence-electron chi connectivity index (χ2n) is 5.05. The monoisotopic (exact) mass is 323 g/mol. The first-order chi connectivity index (χ1) is 11.6. The van der Waals surface area contributed by atoms with Gasteiger partial charge in [-0.3, -0.25) is 0 Å². The highest BCUT2D eigenvalue weighted by Gasteiger charge is 2.05. The molecule has 0 saturated carbocycles. The van der Waals surface area contributed by atoms with Crippen LogP contribution in [-0.4, -0.2) is 24.3 Å². The van der Waals surface area contributed by atoms with Crippen LogP contribution in [0.5, 0.6) is 11.5 Å². The molecule has 0 aliphatic rings. The molecule has 0 aromatic heterocycles. The van der Waals surface area contributed by atoms with Crippen molar-refractivity contribution >= 4 is 12.0 Å². The third-order valence-electron chi connectivity index (χ3n) is 3.18. The molecule has 0 aliphatic heterocycles. The number of carboxylic acids is 1. The van der Waals surface area contributed by atoms with Gasteiger partial charge in [-0.15, -0.1) is 0 Å². The zero-order chi connectivity index (χ0) is 17.4. The van der Waals surface area contributed by atoms with Crippen LogP contribution in [0.3, 0.4) is 0 Å². The smallest absolute Gasteiger partial charge is 0.346 e. The lowest BCUT2D eigenvalue weighted by Crippen LogP contribution is -2.08. The lowest BCUT2D eigenvalue weighted by atomic mass is 10.1. The van der Waals surface area contributed by atoms with Gasteiger partial charge in [0.2, 0.25) is 0 Å². The van der Waals surface area contributed by atoms with Crippen molar-refractivity contribution < 1.29 is 19.4 Å². The quantitative estimate of drug-likeness (QED) is 0.479. The Bertz CT molecular complexity index is 755. The Labute approximate surface area is 140 Å². The van der Waals surface area contributed by atoms with E-state index in [4.69, 9.17) is 19.8 Å². The molecule has 0 atom stereocenters. The molecule has 0 radical (unpaired) electrons. The topological polar surface area (TPSA) is 79.5 Å². The van der Waals surface area contributed by atoms with Gasteiger partial charge in [-0.2, -0.15) is 5.26 Å². The number of aliphatic carboxylic acids is 1. The molecule has 0 spiro atoms. The Hall–Kier alpha value is -3.26. The summed E-state index contributed by atoms with van der Waals surface area (Å²) in [6.07, 6.45) is 1.31. The maximum atomic E-state index is 10.8. The van der Waals surface area contributed by atoms with Crippen LogP contribution in [0.1, 0.15) is 11.1 Å². The van der Waals surface area contributed by atoms with Gasteiger partial charge in [0.15, 0.2) is 0 Å². The van der Waals surface area contributed by atoms with Gasteiger partial charge >= 0.3 is 5.97 Å². The summed E-state index contributed by atoms with van der Waals surface area (Å²) in [6.45, 7) is 2.83. The van der Waals surface area contributed by atoms with Crippen LogP contribution < -0.4 is 9.47 Å². The van der Waals surface area contributed by atoms with Gasteiger partial charge < -0.3 is 14.6 Å². The van der Waals surface area contributed by atoms with E-state index in [9.17, 15) is 4.79 Å². The van der Waals surface area contributed by atoms with E-state index >= 15 is 0 Å². The third-order valence-corrected chi connectivity index (χ3v) is 3.18. The highest BCUT2D eigenvalue weighted by Crippen LogP contribution is 2.15. The second-order valence-corrected chi connectivity index (χ2v) is 5.05. The zero-order valence-corrected chi connectivity index (χ0v) is 13.2. The van der Waals surface area contributed by atoms with Crippen molar-refractivity contribution in [2.45, 2.75) is 6.92 Å². The predicted octanol–water partition coefficient (Wildman–Crippen LogP) is 3.44. The van der Waals surface area contributed by atoms with Gasteiger partial charge in [-0.1, -0.05) is 29.8 Å². The van der Waals surface area contributed by atoms with E-state index in [2.05, 4.69) is 0 Å². The summed E-state index contributed by atoms with van der Waals surface area (Å²) >= 11 is 0. The fourth-order valence-electron chi connectivity index (χ4n) is 1.92. The molecule has 0 heterocycles. The van der Waals surface area contributed by atoms with Crippen LogP contribution in [0.15, 0.2) is 54.1 Å². The molecule has 2 rings (SSSR count). The lowest BCUT2D eigenvalue weighted by molar-refractivity contribution is -0.132. The van der Waals surface area contributed by atoms with Crippen LogP contribution in [0.4, 0.5) is 0 Å². The van der Waals surface area contributed by atoms with Crippen molar-refractivity contribution in [3.63, 3.8) is 0 Å². The standard InChI is InChI=1S/C19H17NO4/c1-14-2-6-17(7-3-14)23-10-11-24-18-8-4-15(5-9-18)12-16(13-20)19(21)22/h2-9,12H,10-11H2,1H3,(H,21,22). The maximum Gasteiger partial charge on any atom is 0.346 e. The molecule has 2 aromatic carbocycles. The number of rotatable bonds is 7. The molecule has 5 nitrogen and oxygen atoms in total. The van der Waals surface area contributed by atoms with Gasteiger partial charge in [0.25, 0.3) is 0 Å². The third kappa shape index (κ3) is 5.18. The van der Waals surface area contributed by atoms with E-state index in [0.717, 1.165) is 5.75 Å². The van der Waals surface area contributed by atoms with Gasteiger partial charge in [0, 0.05) is 0 Å². The molecular formula is C19H17NO4. The molecule has 122 valence electrons. The Balaban J connectivity index is 1.83. The Kier molecular flexibility index (Phi) is 5.98. The average molecular weight is 323 g/mol. The predicted molar refractivity (Wildman–Crippen MR) is 89.8 cm³/mol. The summed E-state index contributed by atoms with van der Waals surface area (Å²) in [7, 11) is 0. The summed E-state index contributed by atoms with van der Waals surface area (Å²) in [5.74, 6) is 0.196. The number of ether oxygens (including phenoxy) is 2. The van der Waals surface area contributed by atoms with E-state index < -0.39 is 5.97 Å². The first-order valence-corrected chi connectivity index (χ1v) is 7.36. The maximum absolute atomic E-state index is 10.8. The number of nitrogens with zero attached hydrogens (tertiary/aromatic N) is 1. The van der Waals surface area contributed by atoms with Gasteiger partial charge in [-0.25, -0.2) is 4.79 Å². The van der Waals surface area contributed by atoms with Crippen molar-refractivity contribution in [2.75, 3.05) is 13.2 Å². The Morgan fingerprint density at radius 1 is 1.04 bits per heavy atom. The van der Waals surface area contributed by atoms with Crippen LogP contribution >= 0.6 is 0 Å². The minimum absolute atomic E-state index is 0.310. The highest BCUT2D eigenvalue weighted by atomic mass is 16.5. The van der Waals surface area contributed by atoms with Gasteiger partial charge in [-0.05, 0) is 42.8 Å². The van der Waals surface area contributed by atoms with Crippen molar-refractivity contribution in [1.29, 1.82) is 5.26 Å². The molecular weight excluding hydrogens is 306 g/mol. The Morgan fingerprint density at radius 2 is 1.54 bits per heavy atom. The molecule has 0 bridgehead atoms. The van der Waals surface area contributed by atoms with Crippen molar-refractivity contribution in [2.24, 2.45) is 0 Å². The number of benzene rings is 2. The second kappa shape index (κ2) is 8.39. The van der Waals surface area contributed by atoms with Crippen molar-refractivity contribution in [1.82, 2.24) is 0 Å². The van der Waals surface area contributed by atoms with E-state index in [-0.39, 0.29) is 5.57 Å². The van der Waals surface area contributed by atoms with Crippen molar-refractivity contribution in [3.05, 3.63) is 65.2 Å². The van der Waals surface area contributed by atoms with Crippen LogP contribution in [-0.2, 0) is 4.79 Å². The summed E-state index contributed by atoms with van der Waals surface area (Å²) in [5.41, 5.74) is 1.49. The first-order valence-electron chi connectivity index (χ1n) is 7.36. The number of carbonyl (C=O) groups is 1. The fraction of sp³-hybridized carbons (Fsp3) is 0.158. The highest BCUT2D eigenvalue weighted by molar-refractivity contribution is 5.96. The molecule has 0 unspecified atom stereocenters. The first kappa shape index (κ1) is 17.1. The fourth-order valence-corrected chi connectivity index (χ4v) is 1.92. The summed E-state index contributed by atoms with van der Waals surface area (Å²) in [5, 5.41) is 17.5. The SMILES string of the molecule is Cc1ccc(OCCOc2ccc(C=C(C#N)C(=O)O)cc2)cc1. The molecule has 24 heavy (non-hydrogen) atoms. The summed E-state index contributed by atoms with van der Waals surface area (Å²) in [6, 6.07) is 16.2. The van der Waals surface area contributed by atoms with Gasteiger partial charge in [0.05, 0.1) is 0 Å². The number of hydrogen-bond acceptors (Lipinski definition) is 4. The summed E-state index contributed by atoms with van der Waals surface area (Å²) in [4.78, 5) is 10.8. The van der Waals surface area contributed by atoms with E-state index in [1.165, 1.54) is 11.6 Å². The van der Waals surface area contributed by atoms with Crippen LogP contribution in [0.2, 0.25) is 0 Å². The number of nitriles is 1. The summed E-state index contributed by atoms with van der Waals surface area (Å²) < 4.78 is 11.1. The zero-order valence-electron chi connectivity index (χ0n) is 13.2. The number of hydrogen-bond donors (Lipinski definition) is 1. The molecule has 0 aliphatic carbocycles. The lowest BCUT2D eigenvalue weighted by Gasteiger charge is -2.08. The minimum atomic E-state index is -1.24. The van der Waals surface area contributed by atoms with Crippen molar-refractivity contribution in [3.8, 4) is 17.6 Å². The van der Waals surface area contributed by atoms with E-state index in [1.807, 2.05) is 31.2 Å². The van der Waals surface area contributed by atoms with E-state index in [1.54, 1.807) is 30.3 Å². The van der Waals surface area contributed by atoms with E-state index in [0.29, 0.717) is 24.5 Å². The van der Waals surface area contributed by atoms with Gasteiger partial charge in [0.1, 0.15) is 36.4 Å². The largest absolute Gasteiger partial charge is 0.490 e. The number of aryl methyl sites for hydroxylation is 1.